The molecule has 6 rings (SSSR count). The highest BCUT2D eigenvalue weighted by molar-refractivity contribution is 5.63. The van der Waals surface area contributed by atoms with Crippen molar-refractivity contribution in [2.45, 2.75) is 49.6 Å². The number of carboxylic acids is 1. The van der Waals surface area contributed by atoms with Crippen molar-refractivity contribution < 1.29 is 37.7 Å². The molecule has 0 radical (unpaired) electrons. The van der Waals surface area contributed by atoms with E-state index in [0.29, 0.717) is 11.8 Å². The van der Waals surface area contributed by atoms with Crippen molar-refractivity contribution in [3.05, 3.63) is 59.3 Å². The number of phenolic OH excluding ortho intramolecular Hbond substituents is 1. The Morgan fingerprint density at radius 1 is 1.26 bits per heavy atom. The Morgan fingerprint density at radius 2 is 2.00 bits per heavy atom. The number of phenols is 1. The van der Waals surface area contributed by atoms with Gasteiger partial charge in [0, 0.05) is 42.1 Å². The summed E-state index contributed by atoms with van der Waals surface area (Å²) in [6.07, 6.45) is 1.26. The lowest BCUT2D eigenvalue weighted by Crippen LogP contribution is -2.65. The molecule has 10 heteroatoms. The number of carboxylic acid groups (broad SMARTS) is 1. The number of nitrogens with zero attached hydrogens (tertiary/aromatic N) is 2. The van der Waals surface area contributed by atoms with Gasteiger partial charge in [0.1, 0.15) is 6.10 Å². The topological polar surface area (TPSA) is 92.1 Å². The molecule has 5 atom stereocenters. The Hall–Kier alpha value is -3.27. The van der Waals surface area contributed by atoms with Crippen LogP contribution in [0, 0.1) is 5.92 Å². The third-order valence-electron chi connectivity index (χ3n) is 7.45. The molecule has 2 bridgehead atoms. The number of halogens is 3. The molecule has 1 fully saturated rings. The largest absolute Gasteiger partial charge is 0.504 e. The molecule has 186 valence electrons. The summed E-state index contributed by atoms with van der Waals surface area (Å²) in [7, 11) is 2.14. The van der Waals surface area contributed by atoms with Gasteiger partial charge in [0.15, 0.2) is 17.6 Å². The van der Waals surface area contributed by atoms with Crippen LogP contribution in [0.4, 0.5) is 13.2 Å². The molecular formula is C25H25F3N2O5. The number of hydrogen-bond acceptors (Lipinski definition) is 6. The predicted molar refractivity (Wildman–Crippen MR) is 119 cm³/mol. The fourth-order valence-corrected chi connectivity index (χ4v) is 6.08. The molecule has 0 amide bonds. The number of hydrogen-bond donors (Lipinski definition) is 2. The summed E-state index contributed by atoms with van der Waals surface area (Å²) in [5.41, 5.74) is 1.11. The maximum absolute atomic E-state index is 12.9. The summed E-state index contributed by atoms with van der Waals surface area (Å²) in [6, 6.07) is 6.19. The van der Waals surface area contributed by atoms with Gasteiger partial charge in [0.2, 0.25) is 5.88 Å². The Kier molecular flexibility index (Phi) is 5.47. The molecule has 0 saturated carbocycles. The first-order valence-electron chi connectivity index (χ1n) is 11.3. The predicted octanol–water partition coefficient (Wildman–Crippen LogP) is 3.79. The summed E-state index contributed by atoms with van der Waals surface area (Å²) in [6.45, 7) is 1.98. The summed E-state index contributed by atoms with van der Waals surface area (Å²) < 4.78 is 51.0. The number of carbonyl (C=O) groups is 1. The summed E-state index contributed by atoms with van der Waals surface area (Å²) in [5.74, 6) is 0.132. The van der Waals surface area contributed by atoms with E-state index in [0.717, 1.165) is 44.1 Å². The van der Waals surface area contributed by atoms with E-state index in [-0.39, 0.29) is 29.1 Å². The van der Waals surface area contributed by atoms with E-state index < -0.39 is 23.8 Å². The van der Waals surface area contributed by atoms with Crippen molar-refractivity contribution >= 4 is 5.97 Å². The lowest BCUT2D eigenvalue weighted by Gasteiger charge is -2.56. The van der Waals surface area contributed by atoms with Crippen LogP contribution in [0.15, 0.2) is 42.6 Å². The van der Waals surface area contributed by atoms with Crippen LogP contribution in [0.3, 0.4) is 0 Å². The van der Waals surface area contributed by atoms with Crippen LogP contribution in [-0.2, 0) is 22.8 Å². The van der Waals surface area contributed by atoms with Crippen LogP contribution in [0.1, 0.15) is 30.0 Å². The van der Waals surface area contributed by atoms with Gasteiger partial charge in [-0.2, -0.15) is 13.2 Å². The number of aromatic nitrogens is 1. The zero-order chi connectivity index (χ0) is 25.1. The molecule has 1 aromatic carbocycles. The molecule has 7 nitrogen and oxygen atoms in total. The Bertz CT molecular complexity index is 1180. The summed E-state index contributed by atoms with van der Waals surface area (Å²) in [4.78, 5) is 15.2. The van der Waals surface area contributed by atoms with Crippen LogP contribution < -0.4 is 9.47 Å². The standard InChI is InChI=1S/C23H21F3N2O3.C2H4O2/c1-28-9-8-22-14-4-6-17(30-18-7-3-13(11-27-18)23(24,25)26)21(22)31-20-16(29)5-2-12(19(20)22)10-15(14)28;1-2(3)4/h2-7,11,14-15,17,21,29H,8-10H2,1H3;1H3,(H,3,4)/t14-,15+,17-,21-,22-;/m0./s1. The van der Waals surface area contributed by atoms with Crippen LogP contribution in [0.2, 0.25) is 0 Å². The van der Waals surface area contributed by atoms with Gasteiger partial charge in [0.05, 0.1) is 5.56 Å². The SMILES string of the molecule is CC(=O)O.CN1CC[C@]23c4c5ccc(O)c4O[C@H]2[C@@H](Oc2ccc(C(F)(F)F)cn2)C=C[C@H]3[C@H]1C5. The van der Waals surface area contributed by atoms with Gasteiger partial charge in [-0.25, -0.2) is 4.98 Å². The van der Waals surface area contributed by atoms with E-state index in [2.05, 4.69) is 23.0 Å². The van der Waals surface area contributed by atoms with Gasteiger partial charge < -0.3 is 24.6 Å². The molecule has 1 spiro atoms. The molecule has 1 aromatic heterocycles. The number of rotatable bonds is 2. The molecule has 2 N–H and O–H groups in total. The van der Waals surface area contributed by atoms with Crippen molar-refractivity contribution in [3.8, 4) is 17.4 Å². The maximum atomic E-state index is 12.9. The second-order valence-corrected chi connectivity index (χ2v) is 9.42. The maximum Gasteiger partial charge on any atom is 0.417 e. The van der Waals surface area contributed by atoms with Gasteiger partial charge >= 0.3 is 6.18 Å². The number of ether oxygens (including phenoxy) is 2. The summed E-state index contributed by atoms with van der Waals surface area (Å²) in [5, 5.41) is 17.9. The van der Waals surface area contributed by atoms with Crippen molar-refractivity contribution in [2.75, 3.05) is 13.6 Å². The molecule has 3 heterocycles. The molecule has 35 heavy (non-hydrogen) atoms. The monoisotopic (exact) mass is 490 g/mol. The van der Waals surface area contributed by atoms with Crippen molar-refractivity contribution in [2.24, 2.45) is 5.92 Å². The minimum absolute atomic E-state index is 0.113. The van der Waals surface area contributed by atoms with E-state index >= 15 is 0 Å². The number of piperidine rings is 1. The highest BCUT2D eigenvalue weighted by atomic mass is 19.4. The number of aliphatic carboxylic acids is 1. The average molecular weight is 490 g/mol. The second kappa shape index (κ2) is 8.15. The van der Waals surface area contributed by atoms with Gasteiger partial charge in [-0.3, -0.25) is 4.79 Å². The van der Waals surface area contributed by atoms with Crippen molar-refractivity contribution in [3.63, 3.8) is 0 Å². The number of alkyl halides is 3. The first kappa shape index (κ1) is 23.5. The van der Waals surface area contributed by atoms with Crippen molar-refractivity contribution in [1.29, 1.82) is 0 Å². The van der Waals surface area contributed by atoms with Crippen LogP contribution >= 0.6 is 0 Å². The number of likely N-dealkylation sites (N-methyl/N-ethyl adjacent to an activating group) is 1. The number of pyridine rings is 1. The highest BCUT2D eigenvalue weighted by Crippen LogP contribution is 2.62. The first-order chi connectivity index (χ1) is 16.5. The number of benzene rings is 1. The minimum atomic E-state index is -4.45. The quantitative estimate of drug-likeness (QED) is 0.619. The van der Waals surface area contributed by atoms with Gasteiger partial charge in [-0.15, -0.1) is 0 Å². The van der Waals surface area contributed by atoms with Gasteiger partial charge in [-0.1, -0.05) is 12.1 Å². The normalized spacial score (nSPS) is 30.0. The van der Waals surface area contributed by atoms with E-state index in [9.17, 15) is 18.3 Å². The molecule has 2 aliphatic heterocycles. The van der Waals surface area contributed by atoms with Crippen LogP contribution in [0.25, 0.3) is 0 Å². The lowest BCUT2D eigenvalue weighted by molar-refractivity contribution is -0.138. The fraction of sp³-hybridized carbons (Fsp3) is 0.440. The van der Waals surface area contributed by atoms with Crippen LogP contribution in [0.5, 0.6) is 17.4 Å². The minimum Gasteiger partial charge on any atom is -0.504 e. The second-order valence-electron chi connectivity index (χ2n) is 9.42. The summed E-state index contributed by atoms with van der Waals surface area (Å²) >= 11 is 0. The zero-order valence-electron chi connectivity index (χ0n) is 19.1. The Balaban J connectivity index is 0.000000591. The molecule has 4 aliphatic rings. The average Bonchev–Trinajstić information content (AvgIpc) is 3.14. The Morgan fingerprint density at radius 3 is 2.66 bits per heavy atom. The molecular weight excluding hydrogens is 465 g/mol. The van der Waals surface area contributed by atoms with E-state index in [1.165, 1.54) is 11.6 Å². The van der Waals surface area contributed by atoms with E-state index in [1.54, 1.807) is 6.07 Å². The third kappa shape index (κ3) is 3.71. The Labute approximate surface area is 199 Å². The molecule has 1 saturated heterocycles. The zero-order valence-corrected chi connectivity index (χ0v) is 19.1. The lowest BCUT2D eigenvalue weighted by atomic mass is 9.53. The third-order valence-corrected chi connectivity index (χ3v) is 7.45. The van der Waals surface area contributed by atoms with Crippen molar-refractivity contribution in [1.82, 2.24) is 9.88 Å². The molecule has 2 aliphatic carbocycles. The number of likely N-dealkylation sites (tertiary alicyclic amines) is 1. The van der Waals surface area contributed by atoms with Gasteiger partial charge in [0.25, 0.3) is 5.97 Å². The first-order valence-corrected chi connectivity index (χ1v) is 11.3. The van der Waals surface area contributed by atoms with Crippen LogP contribution in [-0.4, -0.2) is 57.9 Å². The van der Waals surface area contributed by atoms with E-state index in [1.807, 2.05) is 12.1 Å². The molecule has 0 unspecified atom stereocenters. The smallest absolute Gasteiger partial charge is 0.417 e. The van der Waals surface area contributed by atoms with Gasteiger partial charge in [-0.05, 0) is 50.2 Å². The number of aromatic hydroxyl groups is 1. The fourth-order valence-electron chi connectivity index (χ4n) is 6.08. The van der Waals surface area contributed by atoms with E-state index in [4.69, 9.17) is 19.4 Å². The highest BCUT2D eigenvalue weighted by Gasteiger charge is 2.65. The molecule has 2 aromatic rings.